The van der Waals surface area contributed by atoms with Gasteiger partial charge in [-0.2, -0.15) is 0 Å². The van der Waals surface area contributed by atoms with Crippen LogP contribution in [-0.4, -0.2) is 86.9 Å². The van der Waals surface area contributed by atoms with Gasteiger partial charge in [-0.05, 0) is 86.1 Å². The number of benzene rings is 3. The molecule has 0 saturated heterocycles. The van der Waals surface area contributed by atoms with Gasteiger partial charge in [0, 0.05) is 62.2 Å². The fourth-order valence-corrected chi connectivity index (χ4v) is 5.71. The highest BCUT2D eigenvalue weighted by Crippen LogP contribution is 2.33. The van der Waals surface area contributed by atoms with E-state index in [0.29, 0.717) is 36.6 Å². The number of hydrogen-bond acceptors (Lipinski definition) is 10. The Morgan fingerprint density at radius 2 is 1.65 bits per heavy atom. The Labute approximate surface area is 319 Å². The van der Waals surface area contributed by atoms with E-state index in [0.717, 1.165) is 53.2 Å². The van der Waals surface area contributed by atoms with E-state index in [1.165, 1.54) is 11.1 Å². The molecule has 0 aliphatic rings. The fourth-order valence-electron chi connectivity index (χ4n) is 5.71. The van der Waals surface area contributed by atoms with Gasteiger partial charge < -0.3 is 19.8 Å². The lowest BCUT2D eigenvalue weighted by atomic mass is 9.78. The van der Waals surface area contributed by atoms with Crippen molar-refractivity contribution in [2.75, 3.05) is 39.1 Å². The number of unbranched alkanes of at least 4 members (excludes halogenated alkanes) is 1. The molecular weight excluding hydrogens is 684 g/mol. The van der Waals surface area contributed by atoms with Crippen molar-refractivity contribution in [1.29, 1.82) is 0 Å². The minimum atomic E-state index is -0.516. The van der Waals surface area contributed by atoms with Gasteiger partial charge in [0.25, 0.3) is 11.8 Å². The Balaban J connectivity index is 1.50. The summed E-state index contributed by atoms with van der Waals surface area (Å²) in [5.74, 6) is 0.114. The molecule has 0 fully saturated rings. The maximum absolute atomic E-state index is 13.3. The minimum absolute atomic E-state index is 0.0194. The highest BCUT2D eigenvalue weighted by molar-refractivity contribution is 6.02. The zero-order chi connectivity index (χ0) is 39.7. The standard InChI is InChI=1S/C42H54N6O6/c1-30(15-24-39(51)46-28-49)48(29-50)41(52)37-13-11-14-38(32(37)3)44-25-10-9-12-33-16-18-34(19-17-33)42(4,5)35-20-22-36(23-21-35)53-27-40(54-43-6)45-26-31(2)47(7)8/h11,13-14,16-23,28-30,44H,2,6,9-10,12,15,24-27H2,1,3-5,7-8H3,(H,46,49,51)/b45-40-. The second-order valence-corrected chi connectivity index (χ2v) is 13.8. The van der Waals surface area contributed by atoms with Gasteiger partial charge >= 0.3 is 0 Å². The number of oxime groups is 1. The van der Waals surface area contributed by atoms with Gasteiger partial charge in [-0.3, -0.25) is 29.4 Å². The van der Waals surface area contributed by atoms with E-state index in [-0.39, 0.29) is 24.9 Å². The number of anilines is 1. The molecule has 1 atom stereocenters. The minimum Gasteiger partial charge on any atom is -0.484 e. The first-order valence-electron chi connectivity index (χ1n) is 18.0. The normalized spacial score (nSPS) is 11.9. The number of nitrogens with zero attached hydrogens (tertiary/aromatic N) is 4. The SMILES string of the molecule is C=NO/C(COc1ccc(C(C)(C)c2ccc(CCCCNc3cccc(C(=O)N(C=O)C(C)CCC(=O)NC=O)c3C)cc2)cc1)=N\CC(=C)N(C)C. The summed E-state index contributed by atoms with van der Waals surface area (Å²) in [4.78, 5) is 59.8. The summed E-state index contributed by atoms with van der Waals surface area (Å²) < 4.78 is 5.91. The molecule has 288 valence electrons. The molecular formula is C42H54N6O6. The first kappa shape index (κ1) is 42.6. The number of imide groups is 2. The third kappa shape index (κ3) is 12.4. The van der Waals surface area contributed by atoms with Gasteiger partial charge in [-0.15, -0.1) is 0 Å². The Kier molecular flexibility index (Phi) is 16.6. The van der Waals surface area contributed by atoms with E-state index in [2.05, 4.69) is 84.3 Å². The van der Waals surface area contributed by atoms with Crippen LogP contribution in [0.3, 0.4) is 0 Å². The lowest BCUT2D eigenvalue weighted by molar-refractivity contribution is -0.126. The molecule has 0 aliphatic carbocycles. The van der Waals surface area contributed by atoms with Gasteiger partial charge in [-0.1, -0.05) is 68.0 Å². The molecule has 0 bridgehead atoms. The van der Waals surface area contributed by atoms with E-state index in [1.807, 2.05) is 44.1 Å². The summed E-state index contributed by atoms with van der Waals surface area (Å²) in [6, 6.07) is 21.7. The maximum Gasteiger partial charge on any atom is 0.260 e. The number of carbonyl (C=O) groups is 4. The molecule has 0 heterocycles. The highest BCUT2D eigenvalue weighted by atomic mass is 16.6. The van der Waals surface area contributed by atoms with Gasteiger partial charge in [0.2, 0.25) is 18.7 Å². The van der Waals surface area contributed by atoms with E-state index >= 15 is 0 Å². The summed E-state index contributed by atoms with van der Waals surface area (Å²) in [5, 5.41) is 8.99. The van der Waals surface area contributed by atoms with Crippen molar-refractivity contribution in [2.24, 2.45) is 10.1 Å². The van der Waals surface area contributed by atoms with Gasteiger partial charge in [0.05, 0.1) is 6.54 Å². The van der Waals surface area contributed by atoms with Crippen molar-refractivity contribution in [3.8, 4) is 5.75 Å². The predicted octanol–water partition coefficient (Wildman–Crippen LogP) is 6.28. The topological polar surface area (TPSA) is 142 Å². The predicted molar refractivity (Wildman–Crippen MR) is 214 cm³/mol. The molecule has 1 unspecified atom stereocenters. The zero-order valence-electron chi connectivity index (χ0n) is 32.4. The summed E-state index contributed by atoms with van der Waals surface area (Å²) in [6.07, 6.45) is 3.91. The van der Waals surface area contributed by atoms with Crippen molar-refractivity contribution in [3.63, 3.8) is 0 Å². The van der Waals surface area contributed by atoms with Crippen LogP contribution in [0.4, 0.5) is 5.69 Å². The molecule has 3 aromatic carbocycles. The average molecular weight is 739 g/mol. The number of rotatable bonds is 22. The molecule has 54 heavy (non-hydrogen) atoms. The number of aliphatic imine (C=N–C) groups is 1. The van der Waals surface area contributed by atoms with Crippen LogP contribution in [0.1, 0.15) is 79.1 Å². The van der Waals surface area contributed by atoms with Crippen LogP contribution in [-0.2, 0) is 31.1 Å². The Bertz CT molecular complexity index is 1770. The van der Waals surface area contributed by atoms with E-state index in [4.69, 9.17) is 9.57 Å². The summed E-state index contributed by atoms with van der Waals surface area (Å²) in [5.41, 5.74) is 6.22. The smallest absolute Gasteiger partial charge is 0.260 e. The van der Waals surface area contributed by atoms with Crippen molar-refractivity contribution < 1.29 is 28.8 Å². The van der Waals surface area contributed by atoms with Crippen LogP contribution in [0, 0.1) is 6.92 Å². The molecule has 0 aliphatic heterocycles. The Hall–Kier alpha value is -5.78. The average Bonchev–Trinajstić information content (AvgIpc) is 3.16. The van der Waals surface area contributed by atoms with Crippen LogP contribution in [0.5, 0.6) is 5.75 Å². The van der Waals surface area contributed by atoms with E-state index in [1.54, 1.807) is 19.1 Å². The number of amides is 4. The number of ether oxygens (including phenoxy) is 1. The van der Waals surface area contributed by atoms with Gasteiger partial charge in [-0.25, -0.2) is 4.99 Å². The monoisotopic (exact) mass is 738 g/mol. The third-order valence-corrected chi connectivity index (χ3v) is 9.46. The number of carbonyl (C=O) groups excluding carboxylic acids is 4. The van der Waals surface area contributed by atoms with Crippen LogP contribution in [0.2, 0.25) is 0 Å². The number of hydrogen-bond donors (Lipinski definition) is 2. The molecule has 3 aromatic rings. The molecule has 0 aromatic heterocycles. The quantitative estimate of drug-likeness (QED) is 0.0404. The lowest BCUT2D eigenvalue weighted by Crippen LogP contribution is -2.38. The van der Waals surface area contributed by atoms with Crippen molar-refractivity contribution >= 4 is 42.9 Å². The van der Waals surface area contributed by atoms with Crippen molar-refractivity contribution in [2.45, 2.75) is 71.3 Å². The van der Waals surface area contributed by atoms with Crippen LogP contribution in [0.25, 0.3) is 0 Å². The molecule has 4 amide bonds. The largest absolute Gasteiger partial charge is 0.484 e. The van der Waals surface area contributed by atoms with Crippen LogP contribution in [0.15, 0.2) is 89.2 Å². The van der Waals surface area contributed by atoms with E-state index in [9.17, 15) is 19.2 Å². The molecule has 3 rings (SSSR count). The number of nitrogens with one attached hydrogen (secondary N) is 2. The Morgan fingerprint density at radius 1 is 0.981 bits per heavy atom. The van der Waals surface area contributed by atoms with E-state index < -0.39 is 17.9 Å². The molecule has 2 N–H and O–H groups in total. The first-order valence-corrected chi connectivity index (χ1v) is 18.0. The zero-order valence-corrected chi connectivity index (χ0v) is 32.4. The second kappa shape index (κ2) is 21.1. The molecule has 0 saturated carbocycles. The van der Waals surface area contributed by atoms with Crippen molar-refractivity contribution in [1.82, 2.24) is 15.1 Å². The number of aryl methyl sites for hydroxylation is 1. The molecule has 0 radical (unpaired) electrons. The highest BCUT2D eigenvalue weighted by Gasteiger charge is 2.25. The summed E-state index contributed by atoms with van der Waals surface area (Å²) >= 11 is 0. The summed E-state index contributed by atoms with van der Waals surface area (Å²) in [7, 11) is 3.81. The lowest BCUT2D eigenvalue weighted by Gasteiger charge is -2.26. The van der Waals surface area contributed by atoms with Crippen LogP contribution < -0.4 is 15.4 Å². The first-order chi connectivity index (χ1) is 25.8. The van der Waals surface area contributed by atoms with Gasteiger partial charge in [0.15, 0.2) is 6.61 Å². The molecule has 0 spiro atoms. The Morgan fingerprint density at radius 3 is 2.26 bits per heavy atom. The molecule has 12 nitrogen and oxygen atoms in total. The second-order valence-electron chi connectivity index (χ2n) is 13.8. The number of likely N-dealkylation sites (N-methyl/N-ethyl adjacent to an activating group) is 1. The summed E-state index contributed by atoms with van der Waals surface area (Å²) in [6.45, 7) is 16.5. The fraction of sp³-hybridized carbons (Fsp3) is 0.381. The van der Waals surface area contributed by atoms with Crippen LogP contribution >= 0.6 is 0 Å². The van der Waals surface area contributed by atoms with Gasteiger partial charge in [0.1, 0.15) is 5.75 Å². The maximum atomic E-state index is 13.3. The molecule has 12 heteroatoms. The van der Waals surface area contributed by atoms with Crippen molar-refractivity contribution in [3.05, 3.63) is 107 Å². The third-order valence-electron chi connectivity index (χ3n) is 9.46.